The molecule has 21 heavy (non-hydrogen) atoms. The quantitative estimate of drug-likeness (QED) is 0.684. The number of nitrogens with zero attached hydrogens (tertiary/aromatic N) is 2. The zero-order chi connectivity index (χ0) is 14.7. The normalized spacial score (nSPS) is 10.5. The largest absolute Gasteiger partial charge is 0.321 e. The lowest BCUT2D eigenvalue weighted by molar-refractivity contribution is 0.103. The molecule has 0 amide bonds. The summed E-state index contributed by atoms with van der Waals surface area (Å²) in [6.07, 6.45) is 1.66. The van der Waals surface area contributed by atoms with Gasteiger partial charge in [-0.25, -0.2) is 4.98 Å². The van der Waals surface area contributed by atoms with E-state index in [2.05, 4.69) is 17.1 Å². The number of hydrogen-bond acceptors (Lipinski definition) is 2. The molecular weight excluding hydrogens is 260 g/mol. The van der Waals surface area contributed by atoms with E-state index in [9.17, 15) is 4.79 Å². The maximum atomic E-state index is 12.6. The molecule has 0 aliphatic heterocycles. The fourth-order valence-electron chi connectivity index (χ4n) is 2.35. The predicted octanol–water partition coefficient (Wildman–Crippen LogP) is 3.47. The Balaban J connectivity index is 1.96. The minimum atomic E-state index is 0.00660. The molecule has 0 atom stereocenters. The number of imidazole rings is 1. The highest BCUT2D eigenvalue weighted by Crippen LogP contribution is 2.14. The van der Waals surface area contributed by atoms with Crippen molar-refractivity contribution in [3.05, 3.63) is 89.5 Å². The van der Waals surface area contributed by atoms with Gasteiger partial charge in [0.1, 0.15) is 11.5 Å². The molecule has 2 aromatic carbocycles. The maximum absolute atomic E-state index is 12.6. The molecule has 1 heterocycles. The summed E-state index contributed by atoms with van der Waals surface area (Å²) in [5, 5.41) is 0. The predicted molar refractivity (Wildman–Crippen MR) is 82.4 cm³/mol. The van der Waals surface area contributed by atoms with Gasteiger partial charge in [0.15, 0.2) is 0 Å². The fourth-order valence-corrected chi connectivity index (χ4v) is 2.35. The van der Waals surface area contributed by atoms with Crippen molar-refractivity contribution in [3.8, 4) is 0 Å². The van der Waals surface area contributed by atoms with Gasteiger partial charge < -0.3 is 4.57 Å². The summed E-state index contributed by atoms with van der Waals surface area (Å²) in [6.45, 7) is 2.57. The molecular formula is C18H16N2O. The minimum Gasteiger partial charge on any atom is -0.321 e. The Bertz CT molecular complexity index is 745. The van der Waals surface area contributed by atoms with Gasteiger partial charge in [-0.05, 0) is 12.5 Å². The first-order chi connectivity index (χ1) is 10.3. The molecule has 0 radical (unpaired) electrons. The smallest absolute Gasteiger partial charge is 0.211 e. The number of carbonyl (C=O) groups excluding carboxylic acids is 1. The van der Waals surface area contributed by atoms with Gasteiger partial charge in [-0.3, -0.25) is 4.79 Å². The average Bonchev–Trinajstić information content (AvgIpc) is 2.90. The molecule has 0 bridgehead atoms. The van der Waals surface area contributed by atoms with E-state index in [0.717, 1.165) is 11.4 Å². The average molecular weight is 276 g/mol. The molecule has 104 valence electrons. The van der Waals surface area contributed by atoms with E-state index in [1.807, 2.05) is 60.0 Å². The Hall–Kier alpha value is -2.68. The first-order valence-corrected chi connectivity index (χ1v) is 6.91. The first kappa shape index (κ1) is 13.3. The van der Waals surface area contributed by atoms with Crippen molar-refractivity contribution in [1.82, 2.24) is 9.55 Å². The van der Waals surface area contributed by atoms with Crippen LogP contribution in [0.1, 0.15) is 27.4 Å². The lowest BCUT2D eigenvalue weighted by Gasteiger charge is -2.10. The van der Waals surface area contributed by atoms with Crippen molar-refractivity contribution in [2.24, 2.45) is 0 Å². The van der Waals surface area contributed by atoms with Gasteiger partial charge >= 0.3 is 0 Å². The van der Waals surface area contributed by atoms with Crippen LogP contribution in [0.3, 0.4) is 0 Å². The maximum Gasteiger partial charge on any atom is 0.211 e. The second-order valence-corrected chi connectivity index (χ2v) is 4.96. The molecule has 0 spiro atoms. The highest BCUT2D eigenvalue weighted by molar-refractivity contribution is 6.07. The molecule has 0 N–H and O–H groups in total. The number of carbonyl (C=O) groups is 1. The summed E-state index contributed by atoms with van der Waals surface area (Å²) in [5.41, 5.74) is 2.47. The Morgan fingerprint density at radius 3 is 2.29 bits per heavy atom. The second kappa shape index (κ2) is 5.75. The van der Waals surface area contributed by atoms with Crippen LogP contribution in [0.2, 0.25) is 0 Å². The third-order valence-electron chi connectivity index (χ3n) is 3.51. The minimum absolute atomic E-state index is 0.00660. The van der Waals surface area contributed by atoms with Crippen LogP contribution in [0, 0.1) is 6.92 Å². The Kier molecular flexibility index (Phi) is 3.65. The lowest BCUT2D eigenvalue weighted by atomic mass is 10.1. The summed E-state index contributed by atoms with van der Waals surface area (Å²) in [4.78, 5) is 16.9. The van der Waals surface area contributed by atoms with Gasteiger partial charge in [0, 0.05) is 12.1 Å². The third kappa shape index (κ3) is 2.77. The van der Waals surface area contributed by atoms with E-state index >= 15 is 0 Å². The second-order valence-electron chi connectivity index (χ2n) is 4.96. The van der Waals surface area contributed by atoms with E-state index in [1.165, 1.54) is 0 Å². The molecule has 3 heteroatoms. The number of ketones is 1. The number of hydrogen-bond donors (Lipinski definition) is 0. The fraction of sp³-hybridized carbons (Fsp3) is 0.111. The summed E-state index contributed by atoms with van der Waals surface area (Å²) in [6, 6.07) is 19.4. The lowest BCUT2D eigenvalue weighted by Crippen LogP contribution is -2.12. The highest BCUT2D eigenvalue weighted by Gasteiger charge is 2.16. The molecule has 0 saturated carbocycles. The van der Waals surface area contributed by atoms with Crippen LogP contribution in [0.4, 0.5) is 0 Å². The number of benzene rings is 2. The van der Waals surface area contributed by atoms with Gasteiger partial charge in [-0.1, -0.05) is 60.7 Å². The SMILES string of the molecule is Cc1ncc(C(=O)c2ccccc2)n1Cc1ccccc1. The Morgan fingerprint density at radius 1 is 1.00 bits per heavy atom. The van der Waals surface area contributed by atoms with Crippen molar-refractivity contribution >= 4 is 5.78 Å². The van der Waals surface area contributed by atoms with Crippen LogP contribution < -0.4 is 0 Å². The van der Waals surface area contributed by atoms with Crippen LogP contribution >= 0.6 is 0 Å². The van der Waals surface area contributed by atoms with E-state index < -0.39 is 0 Å². The van der Waals surface area contributed by atoms with E-state index in [0.29, 0.717) is 17.8 Å². The molecule has 0 saturated heterocycles. The number of aromatic nitrogens is 2. The van der Waals surface area contributed by atoms with Gasteiger partial charge in [-0.2, -0.15) is 0 Å². The van der Waals surface area contributed by atoms with Crippen LogP contribution in [-0.4, -0.2) is 15.3 Å². The monoisotopic (exact) mass is 276 g/mol. The standard InChI is InChI=1S/C18H16N2O/c1-14-19-12-17(18(21)16-10-6-3-7-11-16)20(14)13-15-8-4-2-5-9-15/h2-12H,13H2,1H3. The van der Waals surface area contributed by atoms with Crippen LogP contribution in [0.25, 0.3) is 0 Å². The molecule has 0 fully saturated rings. The summed E-state index contributed by atoms with van der Waals surface area (Å²) >= 11 is 0. The molecule has 3 nitrogen and oxygen atoms in total. The molecule has 3 rings (SSSR count). The highest BCUT2D eigenvalue weighted by atomic mass is 16.1. The Labute approximate surface area is 123 Å². The topological polar surface area (TPSA) is 34.9 Å². The summed E-state index contributed by atoms with van der Waals surface area (Å²) in [7, 11) is 0. The summed E-state index contributed by atoms with van der Waals surface area (Å²) in [5.74, 6) is 0.852. The van der Waals surface area contributed by atoms with Crippen LogP contribution in [0.15, 0.2) is 66.9 Å². The molecule has 1 aromatic heterocycles. The van der Waals surface area contributed by atoms with Crippen molar-refractivity contribution in [2.45, 2.75) is 13.5 Å². The molecule has 0 aliphatic carbocycles. The van der Waals surface area contributed by atoms with Crippen molar-refractivity contribution in [2.75, 3.05) is 0 Å². The summed E-state index contributed by atoms with van der Waals surface area (Å²) < 4.78 is 1.96. The number of rotatable bonds is 4. The zero-order valence-corrected chi connectivity index (χ0v) is 11.9. The zero-order valence-electron chi connectivity index (χ0n) is 11.9. The van der Waals surface area contributed by atoms with E-state index in [1.54, 1.807) is 6.20 Å². The molecule has 3 aromatic rings. The van der Waals surface area contributed by atoms with Crippen molar-refractivity contribution in [3.63, 3.8) is 0 Å². The molecule has 0 aliphatic rings. The van der Waals surface area contributed by atoms with E-state index in [-0.39, 0.29) is 5.78 Å². The van der Waals surface area contributed by atoms with Gasteiger partial charge in [-0.15, -0.1) is 0 Å². The van der Waals surface area contributed by atoms with Gasteiger partial charge in [0.05, 0.1) is 6.20 Å². The Morgan fingerprint density at radius 2 is 1.62 bits per heavy atom. The molecule has 0 unspecified atom stereocenters. The van der Waals surface area contributed by atoms with Gasteiger partial charge in [0.2, 0.25) is 5.78 Å². The third-order valence-corrected chi connectivity index (χ3v) is 3.51. The van der Waals surface area contributed by atoms with Gasteiger partial charge in [0.25, 0.3) is 0 Å². The van der Waals surface area contributed by atoms with Crippen molar-refractivity contribution < 1.29 is 4.79 Å². The van der Waals surface area contributed by atoms with Crippen molar-refractivity contribution in [1.29, 1.82) is 0 Å². The first-order valence-electron chi connectivity index (χ1n) is 6.91. The number of aryl methyl sites for hydroxylation is 1. The van der Waals surface area contributed by atoms with Crippen LogP contribution in [-0.2, 0) is 6.54 Å². The van der Waals surface area contributed by atoms with E-state index in [4.69, 9.17) is 0 Å². The van der Waals surface area contributed by atoms with Crippen LogP contribution in [0.5, 0.6) is 0 Å².